The summed E-state index contributed by atoms with van der Waals surface area (Å²) in [6.07, 6.45) is 1.79. The molecule has 0 unspecified atom stereocenters. The van der Waals surface area contributed by atoms with E-state index in [0.29, 0.717) is 23.5 Å². The lowest BCUT2D eigenvalue weighted by Crippen LogP contribution is -2.16. The summed E-state index contributed by atoms with van der Waals surface area (Å²) in [6.45, 7) is 6.92. The van der Waals surface area contributed by atoms with Crippen molar-refractivity contribution < 1.29 is 13.9 Å². The zero-order valence-electron chi connectivity index (χ0n) is 14.8. The second kappa shape index (κ2) is 7.25. The number of hydrogen-bond acceptors (Lipinski definition) is 4. The van der Waals surface area contributed by atoms with Gasteiger partial charge in [-0.25, -0.2) is 0 Å². The van der Waals surface area contributed by atoms with E-state index in [1.165, 1.54) is 11.3 Å². The first-order chi connectivity index (χ1) is 13.2. The van der Waals surface area contributed by atoms with Crippen LogP contribution in [0.1, 0.15) is 17.5 Å². The van der Waals surface area contributed by atoms with Gasteiger partial charge < -0.3 is 13.7 Å². The molecule has 0 fully saturated rings. The van der Waals surface area contributed by atoms with Gasteiger partial charge in [-0.05, 0) is 37.3 Å². The van der Waals surface area contributed by atoms with Crippen LogP contribution in [0.5, 0.6) is 5.75 Å². The minimum absolute atomic E-state index is 0.230. The minimum Gasteiger partial charge on any atom is -0.494 e. The molecule has 4 aromatic rings. The Balaban J connectivity index is 1.81. The molecule has 0 bridgehead atoms. The highest BCUT2D eigenvalue weighted by atomic mass is 32.1. The van der Waals surface area contributed by atoms with Crippen molar-refractivity contribution in [1.29, 1.82) is 0 Å². The first kappa shape index (κ1) is 17.3. The lowest BCUT2D eigenvalue weighted by molar-refractivity contribution is 0.0973. The zero-order chi connectivity index (χ0) is 18.8. The molecule has 0 spiro atoms. The number of hydrogen-bond donors (Lipinski definition) is 0. The zero-order valence-corrected chi connectivity index (χ0v) is 15.7. The number of fused-ring (bicyclic) bond motifs is 2. The Bertz CT molecular complexity index is 1180. The largest absolute Gasteiger partial charge is 0.494 e. The second-order valence-electron chi connectivity index (χ2n) is 5.91. The maximum absolute atomic E-state index is 12.7. The van der Waals surface area contributed by atoms with Crippen LogP contribution in [0.3, 0.4) is 0 Å². The molecule has 1 amide bonds. The van der Waals surface area contributed by atoms with Crippen molar-refractivity contribution in [2.75, 3.05) is 6.61 Å². The molecule has 0 aliphatic rings. The molecule has 0 saturated heterocycles. The van der Waals surface area contributed by atoms with Crippen molar-refractivity contribution in [3.8, 4) is 5.75 Å². The molecule has 5 nitrogen and oxygen atoms in total. The second-order valence-corrected chi connectivity index (χ2v) is 6.92. The number of carbonyl (C=O) groups is 1. The number of nitrogens with zero attached hydrogens (tertiary/aromatic N) is 2. The molecule has 0 saturated carbocycles. The lowest BCUT2D eigenvalue weighted by atomic mass is 10.2. The van der Waals surface area contributed by atoms with Crippen molar-refractivity contribution in [2.45, 2.75) is 13.5 Å². The van der Waals surface area contributed by atoms with Gasteiger partial charge in [0.2, 0.25) is 0 Å². The highest BCUT2D eigenvalue weighted by Gasteiger charge is 2.13. The van der Waals surface area contributed by atoms with Gasteiger partial charge in [0, 0.05) is 11.9 Å². The van der Waals surface area contributed by atoms with E-state index >= 15 is 0 Å². The summed E-state index contributed by atoms with van der Waals surface area (Å²) in [6, 6.07) is 15.1. The fourth-order valence-corrected chi connectivity index (χ4v) is 4.00. The quantitative estimate of drug-likeness (QED) is 0.470. The Morgan fingerprint density at radius 1 is 1.30 bits per heavy atom. The van der Waals surface area contributed by atoms with Crippen LogP contribution >= 0.6 is 11.3 Å². The van der Waals surface area contributed by atoms with Gasteiger partial charge in [0.15, 0.2) is 10.6 Å². The topological polar surface area (TPSA) is 56.7 Å². The molecule has 0 aliphatic heterocycles. The third-order valence-corrected chi connectivity index (χ3v) is 5.15. The third-order valence-electron chi connectivity index (χ3n) is 4.11. The monoisotopic (exact) mass is 378 g/mol. The van der Waals surface area contributed by atoms with E-state index < -0.39 is 5.91 Å². The van der Waals surface area contributed by atoms with Gasteiger partial charge in [0.05, 0.1) is 16.8 Å². The Hall–Kier alpha value is -3.12. The van der Waals surface area contributed by atoms with Gasteiger partial charge in [-0.3, -0.25) is 4.79 Å². The van der Waals surface area contributed by atoms with E-state index in [0.717, 1.165) is 21.4 Å². The molecule has 2 aromatic heterocycles. The fourth-order valence-electron chi connectivity index (χ4n) is 2.93. The number of rotatable bonds is 5. The molecule has 0 radical (unpaired) electrons. The van der Waals surface area contributed by atoms with E-state index in [4.69, 9.17) is 9.15 Å². The normalized spacial score (nSPS) is 12.0. The highest BCUT2D eigenvalue weighted by molar-refractivity contribution is 7.16. The average Bonchev–Trinajstić information content (AvgIpc) is 3.24. The average molecular weight is 378 g/mol. The van der Waals surface area contributed by atoms with Crippen molar-refractivity contribution in [3.63, 3.8) is 0 Å². The standard InChI is InChI=1S/C21H18N2O3S/c1-3-11-23-16-10-9-15(25-4-2)13-19(16)27-21(23)22-20(24)18-12-14-7-5-6-8-17(14)26-18/h3,5-10,12-13H,1,4,11H2,2H3. The summed E-state index contributed by atoms with van der Waals surface area (Å²) in [7, 11) is 0. The van der Waals surface area contributed by atoms with Gasteiger partial charge in [0.1, 0.15) is 11.3 Å². The van der Waals surface area contributed by atoms with Crippen LogP contribution in [0.2, 0.25) is 0 Å². The van der Waals surface area contributed by atoms with Crippen LogP contribution in [0.15, 0.2) is 70.6 Å². The van der Waals surface area contributed by atoms with E-state index in [-0.39, 0.29) is 5.76 Å². The number of carbonyl (C=O) groups excluding carboxylic acids is 1. The van der Waals surface area contributed by atoms with Crippen molar-refractivity contribution in [2.24, 2.45) is 4.99 Å². The number of thiazole rings is 1. The smallest absolute Gasteiger partial charge is 0.315 e. The Morgan fingerprint density at radius 3 is 2.93 bits per heavy atom. The Labute approximate surface area is 159 Å². The van der Waals surface area contributed by atoms with Gasteiger partial charge in [-0.2, -0.15) is 4.99 Å². The van der Waals surface area contributed by atoms with Gasteiger partial charge in [0.25, 0.3) is 0 Å². The summed E-state index contributed by atoms with van der Waals surface area (Å²) in [5.74, 6) is 0.626. The first-order valence-electron chi connectivity index (χ1n) is 8.64. The van der Waals surface area contributed by atoms with Crippen LogP contribution in [0, 0.1) is 0 Å². The van der Waals surface area contributed by atoms with E-state index in [9.17, 15) is 4.79 Å². The van der Waals surface area contributed by atoms with Crippen molar-refractivity contribution in [1.82, 2.24) is 4.57 Å². The molecule has 0 aliphatic carbocycles. The summed E-state index contributed by atoms with van der Waals surface area (Å²) < 4.78 is 14.2. The predicted octanol–water partition coefficient (Wildman–Crippen LogP) is 4.77. The molecule has 4 rings (SSSR count). The predicted molar refractivity (Wildman–Crippen MR) is 107 cm³/mol. The number of benzene rings is 2. The molecular weight excluding hydrogens is 360 g/mol. The molecule has 136 valence electrons. The molecular formula is C21H18N2O3S. The van der Waals surface area contributed by atoms with Gasteiger partial charge in [-0.1, -0.05) is 35.6 Å². The van der Waals surface area contributed by atoms with Crippen LogP contribution in [0.4, 0.5) is 0 Å². The summed E-state index contributed by atoms with van der Waals surface area (Å²) in [5, 5.41) is 0.882. The van der Waals surface area contributed by atoms with Gasteiger partial charge in [-0.15, -0.1) is 6.58 Å². The van der Waals surface area contributed by atoms with Crippen LogP contribution < -0.4 is 9.54 Å². The number of furan rings is 1. The molecule has 0 N–H and O–H groups in total. The number of para-hydroxylation sites is 1. The number of ether oxygens (including phenoxy) is 1. The molecule has 6 heteroatoms. The van der Waals surface area contributed by atoms with Gasteiger partial charge >= 0.3 is 5.91 Å². The Kier molecular flexibility index (Phi) is 4.64. The van der Waals surface area contributed by atoms with Crippen molar-refractivity contribution in [3.05, 3.63) is 71.7 Å². The first-order valence-corrected chi connectivity index (χ1v) is 9.46. The molecule has 2 aromatic carbocycles. The van der Waals surface area contributed by atoms with Crippen LogP contribution in [0.25, 0.3) is 21.2 Å². The number of aromatic nitrogens is 1. The maximum atomic E-state index is 12.7. The third kappa shape index (κ3) is 3.31. The number of amides is 1. The molecule has 2 heterocycles. The SMILES string of the molecule is C=CCn1c(=NC(=O)c2cc3ccccc3o2)sc2cc(OCC)ccc21. The minimum atomic E-state index is -0.402. The summed E-state index contributed by atoms with van der Waals surface area (Å²) >= 11 is 1.44. The summed E-state index contributed by atoms with van der Waals surface area (Å²) in [5.41, 5.74) is 1.66. The molecule has 0 atom stereocenters. The fraction of sp³-hybridized carbons (Fsp3) is 0.143. The summed E-state index contributed by atoms with van der Waals surface area (Å²) in [4.78, 5) is 17.6. The van der Waals surface area contributed by atoms with Crippen LogP contribution in [-0.4, -0.2) is 17.1 Å². The molecule has 27 heavy (non-hydrogen) atoms. The number of allylic oxidation sites excluding steroid dienone is 1. The van der Waals surface area contributed by atoms with E-state index in [1.807, 2.05) is 54.0 Å². The lowest BCUT2D eigenvalue weighted by Gasteiger charge is -2.04. The highest BCUT2D eigenvalue weighted by Crippen LogP contribution is 2.24. The van der Waals surface area contributed by atoms with E-state index in [1.54, 1.807) is 12.1 Å². The maximum Gasteiger partial charge on any atom is 0.315 e. The van der Waals surface area contributed by atoms with E-state index in [2.05, 4.69) is 11.6 Å². The van der Waals surface area contributed by atoms with Crippen LogP contribution in [-0.2, 0) is 6.54 Å². The van der Waals surface area contributed by atoms with Crippen molar-refractivity contribution >= 4 is 38.4 Å². The Morgan fingerprint density at radius 2 is 2.15 bits per heavy atom.